The molecule has 1 aromatic carbocycles. The molecule has 0 saturated carbocycles. The molecule has 0 amide bonds. The quantitative estimate of drug-likeness (QED) is 0.806. The van der Waals surface area contributed by atoms with Gasteiger partial charge in [0.15, 0.2) is 0 Å². The molecule has 3 nitrogen and oxygen atoms in total. The van der Waals surface area contributed by atoms with E-state index in [1.165, 1.54) is 0 Å². The number of hydrogen-bond donors (Lipinski definition) is 1. The second kappa shape index (κ2) is 5.85. The molecule has 0 aliphatic carbocycles. The SMILES string of the molecule is COCc1ccc([C@@H](C)N)cc1COC. The van der Waals surface area contributed by atoms with Gasteiger partial charge in [0.2, 0.25) is 0 Å². The summed E-state index contributed by atoms with van der Waals surface area (Å²) in [5, 5.41) is 0. The van der Waals surface area contributed by atoms with Crippen LogP contribution >= 0.6 is 0 Å². The molecule has 0 aliphatic rings. The molecule has 0 spiro atoms. The van der Waals surface area contributed by atoms with Crippen molar-refractivity contribution >= 4 is 0 Å². The third-order valence-corrected chi connectivity index (χ3v) is 2.36. The topological polar surface area (TPSA) is 44.5 Å². The average Bonchev–Trinajstić information content (AvgIpc) is 2.21. The predicted molar refractivity (Wildman–Crippen MR) is 60.5 cm³/mol. The summed E-state index contributed by atoms with van der Waals surface area (Å²) in [6.45, 7) is 3.18. The molecule has 1 aromatic rings. The van der Waals surface area contributed by atoms with Gasteiger partial charge in [-0.2, -0.15) is 0 Å². The van der Waals surface area contributed by atoms with Crippen molar-refractivity contribution in [2.75, 3.05) is 14.2 Å². The molecule has 0 saturated heterocycles. The molecule has 0 heterocycles. The van der Waals surface area contributed by atoms with Gasteiger partial charge in [0, 0.05) is 20.3 Å². The standard InChI is InChI=1S/C12H19NO2/c1-9(13)10-4-5-11(7-14-2)12(6-10)8-15-3/h4-6,9H,7-8,13H2,1-3H3/t9-/m1/s1. The fourth-order valence-electron chi connectivity index (χ4n) is 1.52. The lowest BCUT2D eigenvalue weighted by atomic mass is 10.0. The van der Waals surface area contributed by atoms with Gasteiger partial charge < -0.3 is 15.2 Å². The Labute approximate surface area is 91.2 Å². The van der Waals surface area contributed by atoms with Crippen LogP contribution in [0.3, 0.4) is 0 Å². The first-order chi connectivity index (χ1) is 7.19. The van der Waals surface area contributed by atoms with Gasteiger partial charge in [0.1, 0.15) is 0 Å². The third-order valence-electron chi connectivity index (χ3n) is 2.36. The Kier molecular flexibility index (Phi) is 4.75. The van der Waals surface area contributed by atoms with Gasteiger partial charge in [-0.15, -0.1) is 0 Å². The molecule has 2 N–H and O–H groups in total. The number of rotatable bonds is 5. The Morgan fingerprint density at radius 3 is 2.27 bits per heavy atom. The molecule has 0 aromatic heterocycles. The first-order valence-corrected chi connectivity index (χ1v) is 5.04. The van der Waals surface area contributed by atoms with Gasteiger partial charge in [-0.1, -0.05) is 18.2 Å². The number of hydrogen-bond acceptors (Lipinski definition) is 3. The minimum atomic E-state index is 0.0530. The van der Waals surface area contributed by atoms with Gasteiger partial charge >= 0.3 is 0 Å². The fraction of sp³-hybridized carbons (Fsp3) is 0.500. The number of ether oxygens (including phenoxy) is 2. The summed E-state index contributed by atoms with van der Waals surface area (Å²) in [6.07, 6.45) is 0. The van der Waals surface area contributed by atoms with Crippen LogP contribution in [-0.4, -0.2) is 14.2 Å². The summed E-state index contributed by atoms with van der Waals surface area (Å²) in [7, 11) is 3.38. The van der Waals surface area contributed by atoms with Gasteiger partial charge in [-0.3, -0.25) is 0 Å². The van der Waals surface area contributed by atoms with Crippen LogP contribution in [0.2, 0.25) is 0 Å². The van der Waals surface area contributed by atoms with Crippen LogP contribution in [0.4, 0.5) is 0 Å². The van der Waals surface area contributed by atoms with Crippen molar-refractivity contribution in [3.63, 3.8) is 0 Å². The molecule has 84 valence electrons. The molecular formula is C12H19NO2. The van der Waals surface area contributed by atoms with Crippen LogP contribution in [0, 0.1) is 0 Å². The van der Waals surface area contributed by atoms with Crippen molar-refractivity contribution in [2.45, 2.75) is 26.2 Å². The molecule has 0 bridgehead atoms. The lowest BCUT2D eigenvalue weighted by Crippen LogP contribution is -2.07. The first-order valence-electron chi connectivity index (χ1n) is 5.04. The van der Waals surface area contributed by atoms with Crippen molar-refractivity contribution in [3.8, 4) is 0 Å². The lowest BCUT2D eigenvalue weighted by Gasteiger charge is -2.12. The van der Waals surface area contributed by atoms with Crippen molar-refractivity contribution in [2.24, 2.45) is 5.73 Å². The van der Waals surface area contributed by atoms with E-state index < -0.39 is 0 Å². The van der Waals surface area contributed by atoms with E-state index in [1.54, 1.807) is 14.2 Å². The molecule has 0 unspecified atom stereocenters. The Hall–Kier alpha value is -0.900. The highest BCUT2D eigenvalue weighted by atomic mass is 16.5. The zero-order valence-corrected chi connectivity index (χ0v) is 9.62. The Morgan fingerprint density at radius 2 is 1.73 bits per heavy atom. The largest absolute Gasteiger partial charge is 0.380 e. The maximum Gasteiger partial charge on any atom is 0.0716 e. The van der Waals surface area contributed by atoms with Gasteiger partial charge in [0.05, 0.1) is 13.2 Å². The molecule has 0 aliphatic heterocycles. The van der Waals surface area contributed by atoms with E-state index in [0.29, 0.717) is 13.2 Å². The summed E-state index contributed by atoms with van der Waals surface area (Å²) < 4.78 is 10.3. The third kappa shape index (κ3) is 3.30. The summed E-state index contributed by atoms with van der Waals surface area (Å²) in [4.78, 5) is 0. The summed E-state index contributed by atoms with van der Waals surface area (Å²) in [5.41, 5.74) is 9.26. The summed E-state index contributed by atoms with van der Waals surface area (Å²) in [5.74, 6) is 0. The Balaban J connectivity index is 2.97. The highest BCUT2D eigenvalue weighted by Gasteiger charge is 2.06. The smallest absolute Gasteiger partial charge is 0.0716 e. The lowest BCUT2D eigenvalue weighted by molar-refractivity contribution is 0.168. The van der Waals surface area contributed by atoms with E-state index >= 15 is 0 Å². The monoisotopic (exact) mass is 209 g/mol. The summed E-state index contributed by atoms with van der Waals surface area (Å²) in [6, 6.07) is 6.23. The molecule has 1 atom stereocenters. The minimum Gasteiger partial charge on any atom is -0.380 e. The van der Waals surface area contributed by atoms with Crippen LogP contribution in [-0.2, 0) is 22.7 Å². The van der Waals surface area contributed by atoms with Crippen LogP contribution in [0.15, 0.2) is 18.2 Å². The fourth-order valence-corrected chi connectivity index (χ4v) is 1.52. The first kappa shape index (κ1) is 12.2. The minimum absolute atomic E-state index is 0.0530. The molecule has 15 heavy (non-hydrogen) atoms. The zero-order valence-electron chi connectivity index (χ0n) is 9.62. The maximum absolute atomic E-state index is 5.83. The number of benzene rings is 1. The van der Waals surface area contributed by atoms with E-state index in [2.05, 4.69) is 12.1 Å². The number of methoxy groups -OCH3 is 2. The Bertz CT molecular complexity index is 310. The molecular weight excluding hydrogens is 190 g/mol. The van der Waals surface area contributed by atoms with Gasteiger partial charge in [0.25, 0.3) is 0 Å². The van der Waals surface area contributed by atoms with E-state index in [9.17, 15) is 0 Å². The second-order valence-corrected chi connectivity index (χ2v) is 3.68. The normalized spacial score (nSPS) is 12.8. The number of nitrogens with two attached hydrogens (primary N) is 1. The summed E-state index contributed by atoms with van der Waals surface area (Å²) >= 11 is 0. The Morgan fingerprint density at radius 1 is 1.13 bits per heavy atom. The maximum atomic E-state index is 5.83. The molecule has 3 heteroatoms. The predicted octanol–water partition coefficient (Wildman–Crippen LogP) is 2.00. The molecule has 1 rings (SSSR count). The second-order valence-electron chi connectivity index (χ2n) is 3.68. The van der Waals surface area contributed by atoms with Crippen molar-refractivity contribution < 1.29 is 9.47 Å². The van der Waals surface area contributed by atoms with Crippen LogP contribution in [0.25, 0.3) is 0 Å². The van der Waals surface area contributed by atoms with E-state index in [4.69, 9.17) is 15.2 Å². The zero-order chi connectivity index (χ0) is 11.3. The highest BCUT2D eigenvalue weighted by molar-refractivity contribution is 5.32. The van der Waals surface area contributed by atoms with Crippen molar-refractivity contribution in [1.29, 1.82) is 0 Å². The van der Waals surface area contributed by atoms with Gasteiger partial charge in [-0.25, -0.2) is 0 Å². The highest BCUT2D eigenvalue weighted by Crippen LogP contribution is 2.17. The van der Waals surface area contributed by atoms with E-state index in [0.717, 1.165) is 16.7 Å². The van der Waals surface area contributed by atoms with E-state index in [1.807, 2.05) is 13.0 Å². The van der Waals surface area contributed by atoms with Crippen LogP contribution in [0.5, 0.6) is 0 Å². The average molecular weight is 209 g/mol. The van der Waals surface area contributed by atoms with Crippen LogP contribution in [0.1, 0.15) is 29.7 Å². The van der Waals surface area contributed by atoms with Crippen molar-refractivity contribution in [1.82, 2.24) is 0 Å². The van der Waals surface area contributed by atoms with Crippen LogP contribution < -0.4 is 5.73 Å². The van der Waals surface area contributed by atoms with E-state index in [-0.39, 0.29) is 6.04 Å². The molecule has 0 radical (unpaired) electrons. The van der Waals surface area contributed by atoms with Crippen molar-refractivity contribution in [3.05, 3.63) is 34.9 Å². The van der Waals surface area contributed by atoms with Gasteiger partial charge in [-0.05, 0) is 23.6 Å². The molecule has 0 fully saturated rings.